The summed E-state index contributed by atoms with van der Waals surface area (Å²) in [6.45, 7) is 2.05. The highest BCUT2D eigenvalue weighted by molar-refractivity contribution is 9.10. The van der Waals surface area contributed by atoms with Gasteiger partial charge in [0.1, 0.15) is 0 Å². The fraction of sp³-hybridized carbons (Fsp3) is 0.0769. The fourth-order valence-corrected chi connectivity index (χ4v) is 2.41. The SMILES string of the molecule is Cc1cc(Br)cc(-c2c(N)cccc2N)c1. The van der Waals surface area contributed by atoms with Crippen molar-refractivity contribution in [1.82, 2.24) is 0 Å². The minimum atomic E-state index is 0.706. The smallest absolute Gasteiger partial charge is 0.0414 e. The van der Waals surface area contributed by atoms with E-state index in [1.54, 1.807) is 0 Å². The first-order valence-electron chi connectivity index (χ1n) is 4.99. The molecule has 3 heteroatoms. The Balaban J connectivity index is 2.67. The van der Waals surface area contributed by atoms with Gasteiger partial charge < -0.3 is 11.5 Å². The molecule has 0 fully saturated rings. The molecule has 0 saturated carbocycles. The molecule has 2 aromatic rings. The summed E-state index contributed by atoms with van der Waals surface area (Å²) in [4.78, 5) is 0. The van der Waals surface area contributed by atoms with Crippen molar-refractivity contribution in [2.24, 2.45) is 0 Å². The number of aryl methyl sites for hydroxylation is 1. The normalized spacial score (nSPS) is 10.4. The summed E-state index contributed by atoms with van der Waals surface area (Å²) < 4.78 is 1.03. The van der Waals surface area contributed by atoms with E-state index in [0.29, 0.717) is 11.4 Å². The second kappa shape index (κ2) is 4.18. The highest BCUT2D eigenvalue weighted by Gasteiger charge is 2.07. The molecule has 0 amide bonds. The lowest BCUT2D eigenvalue weighted by molar-refractivity contribution is 1.45. The number of benzene rings is 2. The van der Waals surface area contributed by atoms with Gasteiger partial charge in [0.25, 0.3) is 0 Å². The van der Waals surface area contributed by atoms with Crippen LogP contribution in [-0.4, -0.2) is 0 Å². The Morgan fingerprint density at radius 1 is 1.00 bits per heavy atom. The Kier molecular flexibility index (Phi) is 2.88. The molecule has 0 aliphatic heterocycles. The van der Waals surface area contributed by atoms with Crippen molar-refractivity contribution in [2.45, 2.75) is 6.92 Å². The monoisotopic (exact) mass is 276 g/mol. The van der Waals surface area contributed by atoms with Crippen LogP contribution >= 0.6 is 15.9 Å². The van der Waals surface area contributed by atoms with Crippen LogP contribution in [0.25, 0.3) is 11.1 Å². The first kappa shape index (κ1) is 11.0. The molecule has 16 heavy (non-hydrogen) atoms. The molecule has 2 aromatic carbocycles. The van der Waals surface area contributed by atoms with E-state index in [9.17, 15) is 0 Å². The lowest BCUT2D eigenvalue weighted by Crippen LogP contribution is -1.96. The van der Waals surface area contributed by atoms with E-state index in [4.69, 9.17) is 11.5 Å². The molecule has 0 spiro atoms. The van der Waals surface area contributed by atoms with E-state index in [1.807, 2.05) is 31.2 Å². The molecule has 0 heterocycles. The Labute approximate surface area is 103 Å². The molecule has 0 atom stereocenters. The van der Waals surface area contributed by atoms with Gasteiger partial charge in [-0.2, -0.15) is 0 Å². The van der Waals surface area contributed by atoms with E-state index in [2.05, 4.69) is 28.1 Å². The first-order chi connectivity index (χ1) is 7.58. The number of hydrogen-bond donors (Lipinski definition) is 2. The quantitative estimate of drug-likeness (QED) is 0.783. The summed E-state index contributed by atoms with van der Waals surface area (Å²) in [6, 6.07) is 11.7. The molecule has 82 valence electrons. The van der Waals surface area contributed by atoms with Crippen LogP contribution in [0.15, 0.2) is 40.9 Å². The van der Waals surface area contributed by atoms with Crippen LogP contribution in [0.1, 0.15) is 5.56 Å². The van der Waals surface area contributed by atoms with Crippen LogP contribution in [-0.2, 0) is 0 Å². The van der Waals surface area contributed by atoms with Gasteiger partial charge in [-0.1, -0.05) is 28.1 Å². The van der Waals surface area contributed by atoms with E-state index in [1.165, 1.54) is 5.56 Å². The number of halogens is 1. The molecule has 0 aliphatic carbocycles. The van der Waals surface area contributed by atoms with Gasteiger partial charge in [0.2, 0.25) is 0 Å². The fourth-order valence-electron chi connectivity index (χ4n) is 1.80. The molecule has 0 aliphatic rings. The van der Waals surface area contributed by atoms with E-state index < -0.39 is 0 Å². The average Bonchev–Trinajstić information content (AvgIpc) is 2.15. The van der Waals surface area contributed by atoms with Gasteiger partial charge in [-0.3, -0.25) is 0 Å². The van der Waals surface area contributed by atoms with Crippen LogP contribution in [0.3, 0.4) is 0 Å². The molecule has 4 N–H and O–H groups in total. The van der Waals surface area contributed by atoms with Gasteiger partial charge in [-0.15, -0.1) is 0 Å². The van der Waals surface area contributed by atoms with Gasteiger partial charge >= 0.3 is 0 Å². The number of nitrogens with two attached hydrogens (primary N) is 2. The summed E-state index contributed by atoms with van der Waals surface area (Å²) in [7, 11) is 0. The van der Waals surface area contributed by atoms with Crippen molar-refractivity contribution in [3.05, 3.63) is 46.4 Å². The summed E-state index contributed by atoms with van der Waals surface area (Å²) in [5, 5.41) is 0. The summed E-state index contributed by atoms with van der Waals surface area (Å²) in [6.07, 6.45) is 0. The van der Waals surface area contributed by atoms with Crippen molar-refractivity contribution in [2.75, 3.05) is 11.5 Å². The van der Waals surface area contributed by atoms with E-state index >= 15 is 0 Å². The largest absolute Gasteiger partial charge is 0.398 e. The third-order valence-corrected chi connectivity index (χ3v) is 2.92. The summed E-state index contributed by atoms with van der Waals surface area (Å²) >= 11 is 3.48. The Morgan fingerprint density at radius 3 is 2.19 bits per heavy atom. The van der Waals surface area contributed by atoms with Crippen LogP contribution < -0.4 is 11.5 Å². The minimum Gasteiger partial charge on any atom is -0.398 e. The standard InChI is InChI=1S/C13H13BrN2/c1-8-5-9(7-10(14)6-8)13-11(15)3-2-4-12(13)16/h2-7H,15-16H2,1H3. The average molecular weight is 277 g/mol. The predicted octanol–water partition coefficient (Wildman–Crippen LogP) is 3.59. The van der Waals surface area contributed by atoms with Crippen molar-refractivity contribution in [3.63, 3.8) is 0 Å². The number of nitrogen functional groups attached to an aromatic ring is 2. The van der Waals surface area contributed by atoms with Crippen molar-refractivity contribution in [1.29, 1.82) is 0 Å². The molecular weight excluding hydrogens is 264 g/mol. The second-order valence-corrected chi connectivity index (χ2v) is 4.74. The van der Waals surface area contributed by atoms with Gasteiger partial charge in [-0.25, -0.2) is 0 Å². The molecule has 2 rings (SSSR count). The zero-order chi connectivity index (χ0) is 11.7. The maximum atomic E-state index is 5.96. The van der Waals surface area contributed by atoms with Gasteiger partial charge in [0, 0.05) is 21.4 Å². The highest BCUT2D eigenvalue weighted by Crippen LogP contribution is 2.33. The van der Waals surface area contributed by atoms with Crippen LogP contribution in [0.2, 0.25) is 0 Å². The molecule has 0 saturated heterocycles. The topological polar surface area (TPSA) is 52.0 Å². The molecule has 0 radical (unpaired) electrons. The maximum absolute atomic E-state index is 5.96. The Morgan fingerprint density at radius 2 is 1.62 bits per heavy atom. The molecule has 0 aromatic heterocycles. The summed E-state index contributed by atoms with van der Waals surface area (Å²) in [5.74, 6) is 0. The summed E-state index contributed by atoms with van der Waals surface area (Å²) in [5.41, 5.74) is 16.5. The van der Waals surface area contributed by atoms with Gasteiger partial charge in [-0.05, 0) is 42.3 Å². The lowest BCUT2D eigenvalue weighted by atomic mass is 10.0. The number of hydrogen-bond acceptors (Lipinski definition) is 2. The molecule has 0 bridgehead atoms. The van der Waals surface area contributed by atoms with Crippen LogP contribution in [0.4, 0.5) is 11.4 Å². The Bertz CT molecular complexity index is 495. The second-order valence-electron chi connectivity index (χ2n) is 3.83. The van der Waals surface area contributed by atoms with Crippen molar-refractivity contribution in [3.8, 4) is 11.1 Å². The van der Waals surface area contributed by atoms with Crippen molar-refractivity contribution >= 4 is 27.3 Å². The first-order valence-corrected chi connectivity index (χ1v) is 5.79. The lowest BCUT2D eigenvalue weighted by Gasteiger charge is -2.10. The van der Waals surface area contributed by atoms with Gasteiger partial charge in [0.15, 0.2) is 0 Å². The Hall–Kier alpha value is -1.48. The van der Waals surface area contributed by atoms with E-state index in [-0.39, 0.29) is 0 Å². The third-order valence-electron chi connectivity index (χ3n) is 2.46. The minimum absolute atomic E-state index is 0.706. The molecule has 0 unspecified atom stereocenters. The zero-order valence-electron chi connectivity index (χ0n) is 9.00. The van der Waals surface area contributed by atoms with Crippen LogP contribution in [0, 0.1) is 6.92 Å². The maximum Gasteiger partial charge on any atom is 0.0414 e. The predicted molar refractivity (Wildman–Crippen MR) is 73.1 cm³/mol. The molecular formula is C13H13BrN2. The number of rotatable bonds is 1. The number of anilines is 2. The van der Waals surface area contributed by atoms with Crippen molar-refractivity contribution < 1.29 is 0 Å². The van der Waals surface area contributed by atoms with Gasteiger partial charge in [0.05, 0.1) is 0 Å². The zero-order valence-corrected chi connectivity index (χ0v) is 10.6. The third kappa shape index (κ3) is 2.04. The van der Waals surface area contributed by atoms with E-state index in [0.717, 1.165) is 15.6 Å². The van der Waals surface area contributed by atoms with Crippen LogP contribution in [0.5, 0.6) is 0 Å². The highest BCUT2D eigenvalue weighted by atomic mass is 79.9. The molecule has 2 nitrogen and oxygen atoms in total.